The predicted molar refractivity (Wildman–Crippen MR) is 362 cm³/mol. The lowest BCUT2D eigenvalue weighted by Crippen LogP contribution is -2.30. The molecule has 0 heterocycles. The first-order valence-electron chi connectivity index (χ1n) is 35.0. The number of esters is 3. The molecule has 0 aromatic carbocycles. The monoisotopic (exact) mass is 1150 g/mol. The average molecular weight is 1150 g/mol. The van der Waals surface area contributed by atoms with E-state index < -0.39 is 12.1 Å². The summed E-state index contributed by atoms with van der Waals surface area (Å²) in [6.07, 6.45) is 98.2. The van der Waals surface area contributed by atoms with Crippen LogP contribution < -0.4 is 0 Å². The molecule has 0 aromatic rings. The molecule has 0 saturated carbocycles. The Bertz CT molecular complexity index is 1700. The Hall–Kier alpha value is -4.19. The largest absolute Gasteiger partial charge is 0.462 e. The zero-order chi connectivity index (χ0) is 59.9. The predicted octanol–water partition coefficient (Wildman–Crippen LogP) is 24.3. The normalized spacial score (nSPS) is 12.9. The second-order valence-electron chi connectivity index (χ2n) is 23.0. The maximum absolute atomic E-state index is 12.9. The Kier molecular flexibility index (Phi) is 66.7. The Morgan fingerprint density at radius 1 is 0.253 bits per heavy atom. The molecule has 1 unspecified atom stereocenters. The van der Waals surface area contributed by atoms with Crippen molar-refractivity contribution in [2.24, 2.45) is 0 Å². The van der Waals surface area contributed by atoms with E-state index in [1.54, 1.807) is 0 Å². The maximum atomic E-state index is 12.9. The number of rotatable bonds is 63. The van der Waals surface area contributed by atoms with Crippen molar-refractivity contribution in [3.05, 3.63) is 122 Å². The molecule has 83 heavy (non-hydrogen) atoms. The molecular weight excluding hydrogens is 1020 g/mol. The summed E-state index contributed by atoms with van der Waals surface area (Å²) in [7, 11) is 0. The molecule has 0 amide bonds. The van der Waals surface area contributed by atoms with Crippen LogP contribution in [0.5, 0.6) is 0 Å². The van der Waals surface area contributed by atoms with Gasteiger partial charge in [0.05, 0.1) is 0 Å². The van der Waals surface area contributed by atoms with Gasteiger partial charge in [-0.05, 0) is 96.3 Å². The van der Waals surface area contributed by atoms with E-state index in [0.29, 0.717) is 19.3 Å². The number of hydrogen-bond acceptors (Lipinski definition) is 6. The summed E-state index contributed by atoms with van der Waals surface area (Å²) in [6, 6.07) is 0. The molecule has 0 aliphatic rings. The van der Waals surface area contributed by atoms with E-state index in [0.717, 1.165) is 116 Å². The molecule has 6 heteroatoms. The van der Waals surface area contributed by atoms with Crippen molar-refractivity contribution in [1.29, 1.82) is 0 Å². The highest BCUT2D eigenvalue weighted by Crippen LogP contribution is 2.18. The Balaban J connectivity index is 4.37. The standard InChI is InChI=1S/C77H130O6/c1-4-7-10-13-16-19-22-25-28-31-33-34-35-36-37-38-39-40-41-42-44-46-49-52-55-58-61-64-67-70-76(79)82-73-74(72-81-75(78)69-66-63-60-57-54-51-48-45-30-27-24-21-18-15-12-9-6-3)83-77(80)71-68-65-62-59-56-53-50-47-43-32-29-26-23-20-17-14-11-8-5-2/h8-9,11-12,17-18,20-21,26-27,29-30,43,47-48,51,53,56,62,65,74H,4-7,10,13-16,19,22-25,28,31-42,44-46,49-50,52,54-55,57-61,63-64,66-73H2,1-3H3/b11-8-,12-9-,20-17-,21-18-,29-26-,30-27-,47-43-,51-48-,56-53-,65-62-. The molecular formula is C77H130O6. The highest BCUT2D eigenvalue weighted by atomic mass is 16.6. The van der Waals surface area contributed by atoms with Crippen molar-refractivity contribution in [3.8, 4) is 0 Å². The summed E-state index contributed by atoms with van der Waals surface area (Å²) in [5.41, 5.74) is 0. The molecule has 1 atom stereocenters. The Morgan fingerprint density at radius 2 is 0.494 bits per heavy atom. The lowest BCUT2D eigenvalue weighted by Gasteiger charge is -2.18. The van der Waals surface area contributed by atoms with Crippen LogP contribution in [-0.4, -0.2) is 37.2 Å². The highest BCUT2D eigenvalue weighted by Gasteiger charge is 2.19. The molecule has 0 N–H and O–H groups in total. The number of ether oxygens (including phenoxy) is 3. The average Bonchev–Trinajstić information content (AvgIpc) is 3.49. The second-order valence-corrected chi connectivity index (χ2v) is 23.0. The van der Waals surface area contributed by atoms with E-state index in [1.807, 2.05) is 6.08 Å². The van der Waals surface area contributed by atoms with E-state index in [4.69, 9.17) is 14.2 Å². The number of allylic oxidation sites excluding steroid dienone is 20. The van der Waals surface area contributed by atoms with Crippen molar-refractivity contribution >= 4 is 17.9 Å². The van der Waals surface area contributed by atoms with Gasteiger partial charge in [-0.1, -0.05) is 335 Å². The number of carbonyl (C=O) groups excluding carboxylic acids is 3. The third-order valence-corrected chi connectivity index (χ3v) is 15.0. The molecule has 0 rings (SSSR count). The van der Waals surface area contributed by atoms with Crippen LogP contribution in [0.3, 0.4) is 0 Å². The van der Waals surface area contributed by atoms with Crippen LogP contribution in [-0.2, 0) is 28.6 Å². The van der Waals surface area contributed by atoms with E-state index >= 15 is 0 Å². The number of carbonyl (C=O) groups is 3. The van der Waals surface area contributed by atoms with Gasteiger partial charge < -0.3 is 14.2 Å². The first-order valence-corrected chi connectivity index (χ1v) is 35.0. The fourth-order valence-electron chi connectivity index (χ4n) is 9.82. The quantitative estimate of drug-likeness (QED) is 0.0261. The van der Waals surface area contributed by atoms with Gasteiger partial charge in [0.1, 0.15) is 13.2 Å². The zero-order valence-electron chi connectivity index (χ0n) is 54.4. The summed E-state index contributed by atoms with van der Waals surface area (Å²) in [5.74, 6) is -1.02. The van der Waals surface area contributed by atoms with Crippen LogP contribution in [0.2, 0.25) is 0 Å². The second kappa shape index (κ2) is 70.3. The summed E-state index contributed by atoms with van der Waals surface area (Å²) in [4.78, 5) is 38.4. The zero-order valence-corrected chi connectivity index (χ0v) is 54.4. The van der Waals surface area contributed by atoms with Gasteiger partial charge in [-0.15, -0.1) is 0 Å². The highest BCUT2D eigenvalue weighted by molar-refractivity contribution is 5.71. The molecule has 0 saturated heterocycles. The molecule has 0 radical (unpaired) electrons. The van der Waals surface area contributed by atoms with Gasteiger partial charge in [-0.2, -0.15) is 0 Å². The Morgan fingerprint density at radius 3 is 0.783 bits per heavy atom. The van der Waals surface area contributed by atoms with E-state index in [9.17, 15) is 14.4 Å². The van der Waals surface area contributed by atoms with Crippen LogP contribution in [0.25, 0.3) is 0 Å². The fourth-order valence-corrected chi connectivity index (χ4v) is 9.82. The van der Waals surface area contributed by atoms with Gasteiger partial charge in [0.2, 0.25) is 0 Å². The first-order chi connectivity index (χ1) is 41.0. The molecule has 0 bridgehead atoms. The van der Waals surface area contributed by atoms with Crippen molar-refractivity contribution < 1.29 is 28.6 Å². The third kappa shape index (κ3) is 68.5. The van der Waals surface area contributed by atoms with Crippen molar-refractivity contribution in [3.63, 3.8) is 0 Å². The van der Waals surface area contributed by atoms with Crippen LogP contribution >= 0.6 is 0 Å². The smallest absolute Gasteiger partial charge is 0.306 e. The van der Waals surface area contributed by atoms with Crippen molar-refractivity contribution in [2.45, 2.75) is 335 Å². The number of hydrogen-bond donors (Lipinski definition) is 0. The van der Waals surface area contributed by atoms with Gasteiger partial charge in [0.25, 0.3) is 0 Å². The van der Waals surface area contributed by atoms with E-state index in [-0.39, 0.29) is 31.6 Å². The topological polar surface area (TPSA) is 78.9 Å². The van der Waals surface area contributed by atoms with Crippen LogP contribution in [0.15, 0.2) is 122 Å². The van der Waals surface area contributed by atoms with Crippen LogP contribution in [0.1, 0.15) is 329 Å². The summed E-state index contributed by atoms with van der Waals surface area (Å²) < 4.78 is 16.9. The molecule has 6 nitrogen and oxygen atoms in total. The van der Waals surface area contributed by atoms with E-state index in [2.05, 4.69) is 136 Å². The summed E-state index contributed by atoms with van der Waals surface area (Å²) >= 11 is 0. The van der Waals surface area contributed by atoms with Crippen molar-refractivity contribution in [1.82, 2.24) is 0 Å². The lowest BCUT2D eigenvalue weighted by atomic mass is 10.0. The lowest BCUT2D eigenvalue weighted by molar-refractivity contribution is -0.166. The SMILES string of the molecule is CC/C=C\C/C=C\C/C=C\C/C=C\C/C=C\C/C=C\CCC(=O)OC(COC(=O)CCCCCC/C=C\C/C=C\C/C=C\C/C=C\CC)COC(=O)CCCCCCCCCCCCCCCCCCCCCCCCCCCCCCC. The molecule has 0 aliphatic heterocycles. The third-order valence-electron chi connectivity index (χ3n) is 15.0. The molecule has 0 aromatic heterocycles. The maximum Gasteiger partial charge on any atom is 0.306 e. The minimum Gasteiger partial charge on any atom is -0.462 e. The summed E-state index contributed by atoms with van der Waals surface area (Å²) in [6.45, 7) is 6.37. The molecule has 0 spiro atoms. The summed E-state index contributed by atoms with van der Waals surface area (Å²) in [5, 5.41) is 0. The fraction of sp³-hybridized carbons (Fsp3) is 0.701. The molecule has 474 valence electrons. The van der Waals surface area contributed by atoms with Gasteiger partial charge in [-0.25, -0.2) is 0 Å². The van der Waals surface area contributed by atoms with Crippen LogP contribution in [0, 0.1) is 0 Å². The van der Waals surface area contributed by atoms with Crippen LogP contribution in [0.4, 0.5) is 0 Å². The van der Waals surface area contributed by atoms with Gasteiger partial charge in [-0.3, -0.25) is 14.4 Å². The first kappa shape index (κ1) is 78.8. The van der Waals surface area contributed by atoms with Gasteiger partial charge >= 0.3 is 17.9 Å². The molecule has 0 aliphatic carbocycles. The Labute approximate surface area is 513 Å². The van der Waals surface area contributed by atoms with Crippen molar-refractivity contribution in [2.75, 3.05) is 13.2 Å². The minimum atomic E-state index is -0.833. The van der Waals surface area contributed by atoms with Gasteiger partial charge in [0, 0.05) is 19.3 Å². The number of unbranched alkanes of at least 4 members (excludes halogenated alkanes) is 32. The molecule has 0 fully saturated rings. The minimum absolute atomic E-state index is 0.116. The van der Waals surface area contributed by atoms with Gasteiger partial charge in [0.15, 0.2) is 6.10 Å². The van der Waals surface area contributed by atoms with E-state index in [1.165, 1.54) is 167 Å².